The quantitative estimate of drug-likeness (QED) is 0.715. The lowest BCUT2D eigenvalue weighted by Gasteiger charge is -2.12. The molecule has 6 heteroatoms. The summed E-state index contributed by atoms with van der Waals surface area (Å²) in [6.45, 7) is 0.526. The Morgan fingerprint density at radius 3 is 2.65 bits per heavy atom. The van der Waals surface area contributed by atoms with Crippen LogP contribution in [0.4, 0.5) is 0 Å². The predicted octanol–water partition coefficient (Wildman–Crippen LogP) is 3.28. The Labute approximate surface area is 135 Å². The number of aromatic nitrogens is 1. The third kappa shape index (κ3) is 4.48. The monoisotopic (exact) mass is 319 g/mol. The average molecular weight is 319 g/mol. The molecule has 0 radical (unpaired) electrons. The Balaban J connectivity index is 2.07. The van der Waals surface area contributed by atoms with Gasteiger partial charge >= 0.3 is 5.97 Å². The van der Waals surface area contributed by atoms with E-state index in [9.17, 15) is 4.79 Å². The first kappa shape index (κ1) is 16.9. The van der Waals surface area contributed by atoms with E-state index in [0.717, 1.165) is 23.7 Å². The van der Waals surface area contributed by atoms with Crippen molar-refractivity contribution in [3.63, 3.8) is 0 Å². The summed E-state index contributed by atoms with van der Waals surface area (Å²) in [5.74, 6) is 1.26. The van der Waals surface area contributed by atoms with Crippen molar-refractivity contribution in [3.05, 3.63) is 24.4 Å². The summed E-state index contributed by atoms with van der Waals surface area (Å²) in [6.07, 6.45) is 4.17. The van der Waals surface area contributed by atoms with Gasteiger partial charge in [-0.15, -0.1) is 0 Å². The van der Waals surface area contributed by atoms with Gasteiger partial charge in [-0.3, -0.25) is 9.78 Å². The zero-order chi connectivity index (χ0) is 16.7. The number of nitrogens with zero attached hydrogens (tertiary/aromatic N) is 1. The number of rotatable bonds is 9. The number of aliphatic carboxylic acids is 1. The van der Waals surface area contributed by atoms with Gasteiger partial charge in [0.1, 0.15) is 22.8 Å². The fourth-order valence-electron chi connectivity index (χ4n) is 2.31. The molecular formula is C17H21NO5. The zero-order valence-corrected chi connectivity index (χ0v) is 13.4. The highest BCUT2D eigenvalue weighted by Crippen LogP contribution is 2.34. The van der Waals surface area contributed by atoms with Crippen molar-refractivity contribution in [3.8, 4) is 17.2 Å². The first-order chi connectivity index (χ1) is 11.2. The maximum absolute atomic E-state index is 10.5. The number of benzene rings is 1. The van der Waals surface area contributed by atoms with E-state index < -0.39 is 5.97 Å². The van der Waals surface area contributed by atoms with Gasteiger partial charge in [-0.2, -0.15) is 0 Å². The lowest BCUT2D eigenvalue weighted by Crippen LogP contribution is -2.00. The van der Waals surface area contributed by atoms with E-state index >= 15 is 0 Å². The number of ether oxygens (including phenoxy) is 3. The number of carboxylic acids is 1. The molecule has 0 amide bonds. The smallest absolute Gasteiger partial charge is 0.303 e. The molecule has 0 fully saturated rings. The van der Waals surface area contributed by atoms with Crippen LogP contribution in [0.1, 0.15) is 25.7 Å². The molecule has 0 bridgehead atoms. The van der Waals surface area contributed by atoms with Gasteiger partial charge in [0.15, 0.2) is 0 Å². The Hall–Kier alpha value is -2.50. The SMILES string of the molecule is COc1cc(OC)c2nccc(OCCCCCC(=O)O)c2c1. The fourth-order valence-corrected chi connectivity index (χ4v) is 2.31. The lowest BCUT2D eigenvalue weighted by molar-refractivity contribution is -0.137. The van der Waals surface area contributed by atoms with Crippen LogP contribution in [0.3, 0.4) is 0 Å². The summed E-state index contributed by atoms with van der Waals surface area (Å²) in [6, 6.07) is 5.45. The maximum atomic E-state index is 10.5. The minimum Gasteiger partial charge on any atom is -0.497 e. The molecule has 0 aliphatic rings. The highest BCUT2D eigenvalue weighted by molar-refractivity contribution is 5.91. The van der Waals surface area contributed by atoms with E-state index in [1.165, 1.54) is 0 Å². The fraction of sp³-hybridized carbons (Fsp3) is 0.412. The minimum absolute atomic E-state index is 0.201. The topological polar surface area (TPSA) is 77.9 Å². The number of methoxy groups -OCH3 is 2. The zero-order valence-electron chi connectivity index (χ0n) is 13.4. The second-order valence-corrected chi connectivity index (χ2v) is 5.09. The molecule has 0 spiro atoms. The highest BCUT2D eigenvalue weighted by atomic mass is 16.5. The number of carbonyl (C=O) groups is 1. The van der Waals surface area contributed by atoms with Crippen LogP contribution in [-0.4, -0.2) is 36.9 Å². The Morgan fingerprint density at radius 2 is 1.96 bits per heavy atom. The molecule has 1 aromatic heterocycles. The number of unbranched alkanes of at least 4 members (excludes halogenated alkanes) is 2. The van der Waals surface area contributed by atoms with Crippen molar-refractivity contribution in [2.24, 2.45) is 0 Å². The number of fused-ring (bicyclic) bond motifs is 1. The molecule has 0 atom stereocenters. The molecule has 0 saturated carbocycles. The van der Waals surface area contributed by atoms with Crippen molar-refractivity contribution in [2.75, 3.05) is 20.8 Å². The van der Waals surface area contributed by atoms with Crippen LogP contribution in [0.15, 0.2) is 24.4 Å². The van der Waals surface area contributed by atoms with Crippen LogP contribution in [0, 0.1) is 0 Å². The first-order valence-electron chi connectivity index (χ1n) is 7.51. The Kier molecular flexibility index (Phi) is 6.02. The summed E-state index contributed by atoms with van der Waals surface area (Å²) in [5.41, 5.74) is 0.719. The normalized spacial score (nSPS) is 10.5. The molecule has 0 unspecified atom stereocenters. The van der Waals surface area contributed by atoms with Crippen molar-refractivity contribution in [2.45, 2.75) is 25.7 Å². The number of hydrogen-bond donors (Lipinski definition) is 1. The molecule has 2 rings (SSSR count). The Bertz CT molecular complexity index is 671. The van der Waals surface area contributed by atoms with Crippen LogP contribution in [0.2, 0.25) is 0 Å². The van der Waals surface area contributed by atoms with E-state index in [1.54, 1.807) is 32.5 Å². The molecule has 1 aromatic carbocycles. The van der Waals surface area contributed by atoms with Crippen LogP contribution in [0.25, 0.3) is 10.9 Å². The molecule has 124 valence electrons. The van der Waals surface area contributed by atoms with Gasteiger partial charge in [0.05, 0.1) is 20.8 Å². The second-order valence-electron chi connectivity index (χ2n) is 5.09. The molecule has 1 heterocycles. The largest absolute Gasteiger partial charge is 0.497 e. The van der Waals surface area contributed by atoms with E-state index in [4.69, 9.17) is 19.3 Å². The summed E-state index contributed by atoms with van der Waals surface area (Å²) < 4.78 is 16.5. The molecule has 0 saturated heterocycles. The van der Waals surface area contributed by atoms with Gasteiger partial charge < -0.3 is 19.3 Å². The van der Waals surface area contributed by atoms with Crippen molar-refractivity contribution < 1.29 is 24.1 Å². The lowest BCUT2D eigenvalue weighted by atomic mass is 10.1. The second kappa shape index (κ2) is 8.22. The number of hydrogen-bond acceptors (Lipinski definition) is 5. The summed E-state index contributed by atoms with van der Waals surface area (Å²) in [5, 5.41) is 9.43. The number of pyridine rings is 1. The minimum atomic E-state index is -0.759. The summed E-state index contributed by atoms with van der Waals surface area (Å²) in [7, 11) is 3.19. The maximum Gasteiger partial charge on any atom is 0.303 e. The van der Waals surface area contributed by atoms with Crippen LogP contribution >= 0.6 is 0 Å². The summed E-state index contributed by atoms with van der Waals surface area (Å²) >= 11 is 0. The van der Waals surface area contributed by atoms with E-state index in [1.807, 2.05) is 6.07 Å². The number of carboxylic acid groups (broad SMARTS) is 1. The molecule has 1 N–H and O–H groups in total. The standard InChI is InChI=1S/C17H21NO5/c1-21-12-10-13-14(23-9-5-3-4-6-16(19)20)7-8-18-17(13)15(11-12)22-2/h7-8,10-11H,3-6,9H2,1-2H3,(H,19,20). The third-order valence-electron chi connectivity index (χ3n) is 3.49. The summed E-state index contributed by atoms with van der Waals surface area (Å²) in [4.78, 5) is 14.8. The third-order valence-corrected chi connectivity index (χ3v) is 3.49. The molecule has 2 aromatic rings. The van der Waals surface area contributed by atoms with E-state index in [0.29, 0.717) is 30.3 Å². The van der Waals surface area contributed by atoms with E-state index in [-0.39, 0.29) is 6.42 Å². The van der Waals surface area contributed by atoms with Crippen molar-refractivity contribution >= 4 is 16.9 Å². The van der Waals surface area contributed by atoms with Crippen molar-refractivity contribution in [1.29, 1.82) is 0 Å². The van der Waals surface area contributed by atoms with Gasteiger partial charge in [-0.1, -0.05) is 0 Å². The van der Waals surface area contributed by atoms with Crippen molar-refractivity contribution in [1.82, 2.24) is 4.98 Å². The Morgan fingerprint density at radius 1 is 1.13 bits per heavy atom. The predicted molar refractivity (Wildman–Crippen MR) is 86.4 cm³/mol. The van der Waals surface area contributed by atoms with Gasteiger partial charge in [-0.25, -0.2) is 0 Å². The molecule has 0 aliphatic carbocycles. The van der Waals surface area contributed by atoms with Crippen LogP contribution in [0.5, 0.6) is 17.2 Å². The molecule has 0 aliphatic heterocycles. The molecular weight excluding hydrogens is 298 g/mol. The van der Waals surface area contributed by atoms with Crippen LogP contribution in [-0.2, 0) is 4.79 Å². The highest BCUT2D eigenvalue weighted by Gasteiger charge is 2.11. The van der Waals surface area contributed by atoms with E-state index in [2.05, 4.69) is 4.98 Å². The van der Waals surface area contributed by atoms with Gasteiger partial charge in [-0.05, 0) is 31.4 Å². The molecule has 23 heavy (non-hydrogen) atoms. The van der Waals surface area contributed by atoms with Crippen LogP contribution < -0.4 is 14.2 Å². The van der Waals surface area contributed by atoms with Gasteiger partial charge in [0.25, 0.3) is 0 Å². The first-order valence-corrected chi connectivity index (χ1v) is 7.51. The van der Waals surface area contributed by atoms with Gasteiger partial charge in [0.2, 0.25) is 0 Å². The molecule has 6 nitrogen and oxygen atoms in total. The van der Waals surface area contributed by atoms with Gasteiger partial charge in [0, 0.05) is 24.1 Å². The average Bonchev–Trinajstić information content (AvgIpc) is 2.56.